The summed E-state index contributed by atoms with van der Waals surface area (Å²) in [4.78, 5) is 4.38. The van der Waals surface area contributed by atoms with Gasteiger partial charge in [-0.1, -0.05) is 6.07 Å². The molecule has 1 heterocycles. The Labute approximate surface area is 138 Å². The highest BCUT2D eigenvalue weighted by Crippen LogP contribution is 2.17. The lowest BCUT2D eigenvalue weighted by atomic mass is 10.2. The maximum absolute atomic E-state index is 13.5. The van der Waals surface area contributed by atoms with E-state index in [4.69, 9.17) is 0 Å². The second-order valence-electron chi connectivity index (χ2n) is 5.19. The molecule has 1 fully saturated rings. The molecule has 0 aliphatic carbocycles. The smallest absolute Gasteiger partial charge is 0.191 e. The molecule has 0 bridgehead atoms. The molecule has 2 rings (SSSR count). The monoisotopic (exact) mass is 391 g/mol. The highest BCUT2D eigenvalue weighted by atomic mass is 79.9. The highest BCUT2D eigenvalue weighted by Gasteiger charge is 2.28. The number of sulfone groups is 1. The molecule has 0 saturated carbocycles. The van der Waals surface area contributed by atoms with Crippen molar-refractivity contribution in [2.75, 3.05) is 18.1 Å². The molecule has 22 heavy (non-hydrogen) atoms. The third-order valence-corrected chi connectivity index (χ3v) is 5.73. The SMILES string of the molecule is CCNC(=NCc1ccc(Br)c(F)c1)NC1CCS(=O)(=O)C1. The van der Waals surface area contributed by atoms with Gasteiger partial charge in [-0.25, -0.2) is 17.8 Å². The molecule has 1 saturated heterocycles. The van der Waals surface area contributed by atoms with Gasteiger partial charge in [0.05, 0.1) is 22.5 Å². The molecule has 0 radical (unpaired) electrons. The van der Waals surface area contributed by atoms with E-state index < -0.39 is 9.84 Å². The normalized spacial score (nSPS) is 20.9. The summed E-state index contributed by atoms with van der Waals surface area (Å²) < 4.78 is 36.9. The van der Waals surface area contributed by atoms with E-state index in [1.165, 1.54) is 6.07 Å². The number of hydrogen-bond donors (Lipinski definition) is 2. The van der Waals surface area contributed by atoms with Gasteiger partial charge in [0.1, 0.15) is 5.82 Å². The Morgan fingerprint density at radius 3 is 2.86 bits per heavy atom. The highest BCUT2D eigenvalue weighted by molar-refractivity contribution is 9.10. The van der Waals surface area contributed by atoms with Crippen LogP contribution in [0, 0.1) is 5.82 Å². The van der Waals surface area contributed by atoms with Crippen LogP contribution in [0.5, 0.6) is 0 Å². The van der Waals surface area contributed by atoms with Crippen molar-refractivity contribution in [1.29, 1.82) is 0 Å². The molecular formula is C14H19BrFN3O2S. The number of nitrogens with zero attached hydrogens (tertiary/aromatic N) is 1. The molecule has 1 aliphatic rings. The van der Waals surface area contributed by atoms with Crippen LogP contribution in [0.2, 0.25) is 0 Å². The minimum absolute atomic E-state index is 0.121. The molecular weight excluding hydrogens is 373 g/mol. The topological polar surface area (TPSA) is 70.6 Å². The minimum atomic E-state index is -2.93. The molecule has 5 nitrogen and oxygen atoms in total. The molecule has 1 aromatic carbocycles. The van der Waals surface area contributed by atoms with Crippen LogP contribution in [-0.4, -0.2) is 38.5 Å². The predicted octanol–water partition coefficient (Wildman–Crippen LogP) is 1.83. The largest absolute Gasteiger partial charge is 0.357 e. The van der Waals surface area contributed by atoms with Gasteiger partial charge < -0.3 is 10.6 Å². The van der Waals surface area contributed by atoms with Gasteiger partial charge in [0.15, 0.2) is 15.8 Å². The first-order valence-corrected chi connectivity index (χ1v) is 9.70. The number of guanidine groups is 1. The fourth-order valence-corrected chi connectivity index (χ4v) is 4.15. The van der Waals surface area contributed by atoms with Crippen LogP contribution < -0.4 is 10.6 Å². The molecule has 122 valence electrons. The van der Waals surface area contributed by atoms with Crippen molar-refractivity contribution < 1.29 is 12.8 Å². The molecule has 1 aliphatic heterocycles. The van der Waals surface area contributed by atoms with Gasteiger partial charge in [-0.2, -0.15) is 0 Å². The summed E-state index contributed by atoms with van der Waals surface area (Å²) in [6.45, 7) is 2.92. The lowest BCUT2D eigenvalue weighted by Crippen LogP contribution is -2.44. The van der Waals surface area contributed by atoms with Crippen molar-refractivity contribution in [3.05, 3.63) is 34.1 Å². The van der Waals surface area contributed by atoms with Crippen LogP contribution in [0.1, 0.15) is 18.9 Å². The summed E-state index contributed by atoms with van der Waals surface area (Å²) in [5.41, 5.74) is 0.747. The lowest BCUT2D eigenvalue weighted by molar-refractivity contribution is 0.599. The summed E-state index contributed by atoms with van der Waals surface area (Å²) in [6, 6.07) is 4.74. The average Bonchev–Trinajstić information content (AvgIpc) is 2.79. The quantitative estimate of drug-likeness (QED) is 0.606. The number of aliphatic imine (C=N–C) groups is 1. The van der Waals surface area contributed by atoms with E-state index >= 15 is 0 Å². The Kier molecular flexibility index (Phi) is 5.80. The van der Waals surface area contributed by atoms with Crippen molar-refractivity contribution >= 4 is 31.7 Å². The minimum Gasteiger partial charge on any atom is -0.357 e. The van der Waals surface area contributed by atoms with Crippen LogP contribution in [0.4, 0.5) is 4.39 Å². The predicted molar refractivity (Wildman–Crippen MR) is 89.1 cm³/mol. The lowest BCUT2D eigenvalue weighted by Gasteiger charge is -2.15. The standard InChI is InChI=1S/C14H19BrFN3O2S/c1-2-17-14(19-11-5-6-22(20,21)9-11)18-8-10-3-4-12(15)13(16)7-10/h3-4,7,11H,2,5-6,8-9H2,1H3,(H2,17,18,19). The first kappa shape index (κ1) is 17.2. The summed E-state index contributed by atoms with van der Waals surface area (Å²) in [5, 5.41) is 6.20. The van der Waals surface area contributed by atoms with Gasteiger partial charge in [0, 0.05) is 12.6 Å². The Morgan fingerprint density at radius 1 is 1.50 bits per heavy atom. The number of halogens is 2. The Bertz CT molecular complexity index is 664. The van der Waals surface area contributed by atoms with E-state index in [1.807, 2.05) is 6.92 Å². The maximum Gasteiger partial charge on any atom is 0.191 e. The van der Waals surface area contributed by atoms with Gasteiger partial charge in [-0.05, 0) is 47.0 Å². The van der Waals surface area contributed by atoms with E-state index in [2.05, 4.69) is 31.6 Å². The van der Waals surface area contributed by atoms with Gasteiger partial charge in [0.2, 0.25) is 0 Å². The molecule has 0 aromatic heterocycles. The summed E-state index contributed by atoms with van der Waals surface area (Å²) in [5.74, 6) is 0.562. The van der Waals surface area contributed by atoms with Crippen LogP contribution >= 0.6 is 15.9 Å². The first-order valence-electron chi connectivity index (χ1n) is 7.09. The number of nitrogens with one attached hydrogen (secondary N) is 2. The van der Waals surface area contributed by atoms with Crippen LogP contribution in [-0.2, 0) is 16.4 Å². The van der Waals surface area contributed by atoms with Crippen LogP contribution in [0.25, 0.3) is 0 Å². The Balaban J connectivity index is 2.02. The van der Waals surface area contributed by atoms with Gasteiger partial charge >= 0.3 is 0 Å². The zero-order valence-electron chi connectivity index (χ0n) is 12.3. The first-order chi connectivity index (χ1) is 10.4. The number of rotatable bonds is 4. The van der Waals surface area contributed by atoms with E-state index in [1.54, 1.807) is 12.1 Å². The van der Waals surface area contributed by atoms with E-state index in [0.717, 1.165) is 5.56 Å². The second kappa shape index (κ2) is 7.41. The molecule has 0 spiro atoms. The van der Waals surface area contributed by atoms with Crippen molar-refractivity contribution in [1.82, 2.24) is 10.6 Å². The second-order valence-corrected chi connectivity index (χ2v) is 8.27. The average molecular weight is 392 g/mol. The van der Waals surface area contributed by atoms with E-state index in [-0.39, 0.29) is 23.4 Å². The molecule has 1 unspecified atom stereocenters. The maximum atomic E-state index is 13.5. The number of benzene rings is 1. The van der Waals surface area contributed by atoms with Crippen molar-refractivity contribution in [3.63, 3.8) is 0 Å². The number of hydrogen-bond acceptors (Lipinski definition) is 3. The van der Waals surface area contributed by atoms with Crippen LogP contribution in [0.15, 0.2) is 27.7 Å². The Hall–Kier alpha value is -1.15. The van der Waals surface area contributed by atoms with E-state index in [0.29, 0.717) is 29.9 Å². The zero-order valence-corrected chi connectivity index (χ0v) is 14.7. The molecule has 1 atom stereocenters. The van der Waals surface area contributed by atoms with E-state index in [9.17, 15) is 12.8 Å². The summed E-state index contributed by atoms with van der Waals surface area (Å²) >= 11 is 3.11. The Morgan fingerprint density at radius 2 is 2.27 bits per heavy atom. The third kappa shape index (κ3) is 4.95. The molecule has 2 N–H and O–H groups in total. The molecule has 1 aromatic rings. The fourth-order valence-electron chi connectivity index (χ4n) is 2.23. The fraction of sp³-hybridized carbons (Fsp3) is 0.500. The molecule has 8 heteroatoms. The van der Waals surface area contributed by atoms with Crippen molar-refractivity contribution in [3.8, 4) is 0 Å². The van der Waals surface area contributed by atoms with Gasteiger partial charge in [-0.15, -0.1) is 0 Å². The van der Waals surface area contributed by atoms with Crippen molar-refractivity contribution in [2.24, 2.45) is 4.99 Å². The summed E-state index contributed by atoms with van der Waals surface area (Å²) in [6.07, 6.45) is 0.583. The summed E-state index contributed by atoms with van der Waals surface area (Å²) in [7, 11) is -2.93. The van der Waals surface area contributed by atoms with Gasteiger partial charge in [0.25, 0.3) is 0 Å². The zero-order chi connectivity index (χ0) is 16.2. The molecule has 0 amide bonds. The van der Waals surface area contributed by atoms with Crippen molar-refractivity contribution in [2.45, 2.75) is 25.9 Å². The van der Waals surface area contributed by atoms with Gasteiger partial charge in [-0.3, -0.25) is 0 Å². The third-order valence-electron chi connectivity index (χ3n) is 3.32. The van der Waals surface area contributed by atoms with Crippen LogP contribution in [0.3, 0.4) is 0 Å².